The van der Waals surface area contributed by atoms with Crippen molar-refractivity contribution in [1.29, 1.82) is 0 Å². The van der Waals surface area contributed by atoms with Gasteiger partial charge < -0.3 is 53.9 Å². The standard InChI is InChI=1S/C46H84O22P4/c1-3-5-7-9-11-13-15-17-19-20-21-23-25-27-29-31-33-35-40(48)64-38(36-62-39(47)34-32-30-28-26-24-22-18-16-14-12-10-8-6-4-2)37-63-72(60,61)68-43-41(49)44(65-69(51,52)53)46(67-71(57,58)59)45(42(43)50)66-70(54,55)56/h11,13,17,19,21,23,27,29,38,41-46,49-50H,3-10,12,14-16,18,20,22,24-26,28,30-37H2,1-2H3,(H,60,61)(H2,51,52,53)(H2,54,55,56)(H2,57,58,59)/b13-11-,19-17-,23-21-,29-27-/t38-,41?,42?,43?,44+,45?,46?/m1/s1. The molecule has 1 saturated carbocycles. The van der Waals surface area contributed by atoms with E-state index >= 15 is 0 Å². The third-order valence-electron chi connectivity index (χ3n) is 11.1. The highest BCUT2D eigenvalue weighted by atomic mass is 31.2. The molecule has 0 bridgehead atoms. The van der Waals surface area contributed by atoms with Gasteiger partial charge in [-0.2, -0.15) is 0 Å². The smallest absolute Gasteiger partial charge is 0.462 e. The van der Waals surface area contributed by atoms with E-state index in [-0.39, 0.29) is 12.8 Å². The van der Waals surface area contributed by atoms with Crippen LogP contribution in [-0.2, 0) is 59.9 Å². The summed E-state index contributed by atoms with van der Waals surface area (Å²) < 4.78 is 82.1. The summed E-state index contributed by atoms with van der Waals surface area (Å²) in [7, 11) is -23.0. The molecule has 0 spiro atoms. The first-order valence-corrected chi connectivity index (χ1v) is 31.3. The van der Waals surface area contributed by atoms with Crippen LogP contribution in [0.1, 0.15) is 174 Å². The molecular weight excluding hydrogens is 1030 g/mol. The molecule has 0 heterocycles. The van der Waals surface area contributed by atoms with Crippen LogP contribution in [0, 0.1) is 0 Å². The number of carbonyl (C=O) groups is 2. The summed E-state index contributed by atoms with van der Waals surface area (Å²) in [6, 6.07) is 0. The molecule has 1 rings (SSSR count). The lowest BCUT2D eigenvalue weighted by Crippen LogP contribution is -2.65. The zero-order valence-corrected chi connectivity index (χ0v) is 45.5. The fraction of sp³-hybridized carbons (Fsp3) is 0.783. The number of unbranched alkanes of at least 4 members (excludes halogenated alkanes) is 17. The van der Waals surface area contributed by atoms with Crippen LogP contribution in [0.15, 0.2) is 48.6 Å². The number of ether oxygens (including phenoxy) is 2. The number of phosphoric acid groups is 4. The van der Waals surface area contributed by atoms with Crippen LogP contribution in [0.25, 0.3) is 0 Å². The van der Waals surface area contributed by atoms with Crippen molar-refractivity contribution in [3.63, 3.8) is 0 Å². The number of hydrogen-bond acceptors (Lipinski definition) is 15. The van der Waals surface area contributed by atoms with Crippen LogP contribution >= 0.6 is 31.3 Å². The van der Waals surface area contributed by atoms with Gasteiger partial charge in [-0.15, -0.1) is 0 Å². The molecule has 6 unspecified atom stereocenters. The molecule has 420 valence electrons. The molecule has 8 atom stereocenters. The summed E-state index contributed by atoms with van der Waals surface area (Å²) in [5, 5.41) is 21.9. The van der Waals surface area contributed by atoms with E-state index in [1.165, 1.54) is 70.6 Å². The van der Waals surface area contributed by atoms with Gasteiger partial charge in [-0.3, -0.25) is 32.2 Å². The molecule has 72 heavy (non-hydrogen) atoms. The second kappa shape index (κ2) is 38.7. The fourth-order valence-electron chi connectivity index (χ4n) is 7.49. The second-order valence-electron chi connectivity index (χ2n) is 17.6. The highest BCUT2D eigenvalue weighted by Gasteiger charge is 2.59. The first-order chi connectivity index (χ1) is 34.0. The van der Waals surface area contributed by atoms with Crippen molar-refractivity contribution in [2.45, 2.75) is 217 Å². The summed E-state index contributed by atoms with van der Waals surface area (Å²) in [5.41, 5.74) is 0. The van der Waals surface area contributed by atoms with E-state index in [2.05, 4.69) is 51.7 Å². The molecule has 9 N–H and O–H groups in total. The van der Waals surface area contributed by atoms with Crippen molar-refractivity contribution in [2.24, 2.45) is 0 Å². The lowest BCUT2D eigenvalue weighted by Gasteiger charge is -2.45. The highest BCUT2D eigenvalue weighted by Crippen LogP contribution is 2.53. The molecule has 22 nitrogen and oxygen atoms in total. The Morgan fingerprint density at radius 1 is 0.444 bits per heavy atom. The van der Waals surface area contributed by atoms with Crippen molar-refractivity contribution in [2.75, 3.05) is 13.2 Å². The maximum Gasteiger partial charge on any atom is 0.472 e. The molecule has 1 aliphatic rings. The van der Waals surface area contributed by atoms with E-state index < -0.39 is 99.2 Å². The number of allylic oxidation sites excluding steroid dienone is 8. The Morgan fingerprint density at radius 2 is 0.819 bits per heavy atom. The number of hydrogen-bond donors (Lipinski definition) is 9. The van der Waals surface area contributed by atoms with E-state index in [1.807, 2.05) is 24.3 Å². The second-order valence-corrected chi connectivity index (χ2v) is 22.6. The molecule has 0 aromatic carbocycles. The van der Waals surface area contributed by atoms with Crippen molar-refractivity contribution >= 4 is 43.2 Å². The lowest BCUT2D eigenvalue weighted by molar-refractivity contribution is -0.209. The third kappa shape index (κ3) is 36.3. The number of esters is 2. The first-order valence-electron chi connectivity index (χ1n) is 25.2. The van der Waals surface area contributed by atoms with Crippen LogP contribution in [0.5, 0.6) is 0 Å². The maximum atomic E-state index is 13.3. The Bertz CT molecular complexity index is 1760. The highest BCUT2D eigenvalue weighted by molar-refractivity contribution is 7.47. The van der Waals surface area contributed by atoms with Crippen molar-refractivity contribution in [3.05, 3.63) is 48.6 Å². The average Bonchev–Trinajstić information content (AvgIpc) is 3.28. The first kappa shape index (κ1) is 68.3. The largest absolute Gasteiger partial charge is 0.472 e. The minimum atomic E-state index is -5.80. The van der Waals surface area contributed by atoms with Crippen LogP contribution in [0.3, 0.4) is 0 Å². The Morgan fingerprint density at radius 3 is 1.26 bits per heavy atom. The Kier molecular flexibility index (Phi) is 36.7. The van der Waals surface area contributed by atoms with Gasteiger partial charge in [0.15, 0.2) is 6.10 Å². The normalized spacial score (nSPS) is 21.5. The summed E-state index contributed by atoms with van der Waals surface area (Å²) in [6.45, 7) is 2.69. The number of aliphatic hydroxyl groups excluding tert-OH is 2. The van der Waals surface area contributed by atoms with E-state index in [4.69, 9.17) is 18.5 Å². The molecular formula is C46H84O22P4. The Labute approximate surface area is 425 Å². The van der Waals surface area contributed by atoms with Gasteiger partial charge in [-0.05, 0) is 51.4 Å². The Balaban J connectivity index is 2.92. The molecule has 26 heteroatoms. The minimum Gasteiger partial charge on any atom is -0.462 e. The van der Waals surface area contributed by atoms with Gasteiger partial charge in [0.1, 0.15) is 43.2 Å². The van der Waals surface area contributed by atoms with E-state index in [1.54, 1.807) is 0 Å². The van der Waals surface area contributed by atoms with Crippen LogP contribution in [0.4, 0.5) is 0 Å². The van der Waals surface area contributed by atoms with E-state index in [9.17, 15) is 72.3 Å². The fourth-order valence-corrected chi connectivity index (χ4v) is 10.1. The van der Waals surface area contributed by atoms with Crippen molar-refractivity contribution in [1.82, 2.24) is 0 Å². The van der Waals surface area contributed by atoms with Crippen LogP contribution in [0.2, 0.25) is 0 Å². The SMILES string of the molecule is CCCCC/C=C\C/C=C\C/C=C\C/C=C\CCCC(=O)O[C@H](COC(=O)CCCCCCCCCCCCCCCC)COP(=O)(O)OC1C(O)C(OP(=O)(O)O)C(OP(=O)(O)O)[C@@H](OP(=O)(O)O)C1O. The summed E-state index contributed by atoms with van der Waals surface area (Å²) in [5.74, 6) is -1.47. The molecule has 1 aliphatic carbocycles. The number of carbonyl (C=O) groups excluding carboxylic acids is 2. The summed E-state index contributed by atoms with van der Waals surface area (Å²) in [4.78, 5) is 92.9. The number of rotatable bonds is 43. The average molecular weight is 1110 g/mol. The van der Waals surface area contributed by atoms with Gasteiger partial charge in [0, 0.05) is 12.8 Å². The van der Waals surface area contributed by atoms with Gasteiger partial charge in [0.25, 0.3) is 0 Å². The Hall–Kier alpha value is -1.74. The van der Waals surface area contributed by atoms with E-state index in [0.717, 1.165) is 51.4 Å². The molecule has 1 fully saturated rings. The predicted molar refractivity (Wildman–Crippen MR) is 268 cm³/mol. The predicted octanol–water partition coefficient (Wildman–Crippen LogP) is 9.13. The quantitative estimate of drug-likeness (QED) is 0.0119. The lowest BCUT2D eigenvalue weighted by atomic mass is 9.85. The van der Waals surface area contributed by atoms with E-state index in [0.29, 0.717) is 25.7 Å². The summed E-state index contributed by atoms with van der Waals surface area (Å²) in [6.07, 6.45) is 21.8. The minimum absolute atomic E-state index is 0.0239. The van der Waals surface area contributed by atoms with Gasteiger partial charge in [-0.1, -0.05) is 159 Å². The zero-order chi connectivity index (χ0) is 53.9. The third-order valence-corrected chi connectivity index (χ3v) is 13.7. The zero-order valence-electron chi connectivity index (χ0n) is 41.9. The molecule has 0 radical (unpaired) electrons. The molecule has 0 aliphatic heterocycles. The van der Waals surface area contributed by atoms with Gasteiger partial charge in [0.2, 0.25) is 0 Å². The summed E-state index contributed by atoms with van der Waals surface area (Å²) >= 11 is 0. The molecule has 0 saturated heterocycles. The number of phosphoric ester groups is 4. The van der Waals surface area contributed by atoms with Gasteiger partial charge in [0.05, 0.1) is 6.61 Å². The molecule has 0 aromatic heterocycles. The topological polar surface area (TPSA) is 349 Å². The van der Waals surface area contributed by atoms with Crippen molar-refractivity contribution < 1.29 is 104 Å². The van der Waals surface area contributed by atoms with Crippen LogP contribution < -0.4 is 0 Å². The molecule has 0 amide bonds. The van der Waals surface area contributed by atoms with Crippen LogP contribution in [-0.4, -0.2) is 112 Å². The monoisotopic (exact) mass is 1110 g/mol. The van der Waals surface area contributed by atoms with Crippen molar-refractivity contribution in [3.8, 4) is 0 Å². The van der Waals surface area contributed by atoms with Gasteiger partial charge in [-0.25, -0.2) is 18.3 Å². The molecule has 0 aromatic rings. The van der Waals surface area contributed by atoms with Gasteiger partial charge >= 0.3 is 43.2 Å². The maximum absolute atomic E-state index is 13.3. The number of aliphatic hydroxyl groups is 2.